The van der Waals surface area contributed by atoms with E-state index in [-0.39, 0.29) is 0 Å². The summed E-state index contributed by atoms with van der Waals surface area (Å²) in [7, 11) is 0. The Morgan fingerprint density at radius 1 is 1.50 bits per heavy atom. The third-order valence-corrected chi connectivity index (χ3v) is 2.98. The largest absolute Gasteiger partial charge is 0.386 e. The highest BCUT2D eigenvalue weighted by Gasteiger charge is 2.11. The fraction of sp³-hybridized carbons (Fsp3) is 0.273. The molecule has 0 aromatic carbocycles. The minimum absolute atomic E-state index is 0.402. The van der Waals surface area contributed by atoms with E-state index in [0.29, 0.717) is 12.1 Å². The van der Waals surface area contributed by atoms with Crippen molar-refractivity contribution >= 4 is 11.3 Å². The summed E-state index contributed by atoms with van der Waals surface area (Å²) in [6.07, 6.45) is 0.774. The Hall–Kier alpha value is -1.33. The van der Waals surface area contributed by atoms with E-state index in [1.165, 1.54) is 12.1 Å². The Bertz CT molecular complexity index is 469. The van der Waals surface area contributed by atoms with E-state index in [2.05, 4.69) is 9.97 Å². The van der Waals surface area contributed by atoms with Gasteiger partial charge in [-0.1, -0.05) is 0 Å². The molecule has 1 unspecified atom stereocenters. The molecule has 5 heteroatoms. The van der Waals surface area contributed by atoms with E-state index >= 15 is 0 Å². The molecule has 2 rings (SSSR count). The van der Waals surface area contributed by atoms with Crippen molar-refractivity contribution in [3.05, 3.63) is 45.9 Å². The van der Waals surface area contributed by atoms with Crippen LogP contribution in [-0.2, 0) is 6.42 Å². The molecule has 0 radical (unpaired) electrons. The van der Waals surface area contributed by atoms with Gasteiger partial charge >= 0.3 is 0 Å². The Kier molecular flexibility index (Phi) is 3.26. The lowest BCUT2D eigenvalue weighted by Gasteiger charge is -2.07. The van der Waals surface area contributed by atoms with Crippen LogP contribution < -0.4 is 0 Å². The zero-order valence-corrected chi connectivity index (χ0v) is 9.54. The summed E-state index contributed by atoms with van der Waals surface area (Å²) in [6, 6.07) is 2.77. The topological polar surface area (TPSA) is 46.0 Å². The Morgan fingerprint density at radius 2 is 2.31 bits per heavy atom. The van der Waals surface area contributed by atoms with Gasteiger partial charge in [-0.3, -0.25) is 4.98 Å². The van der Waals surface area contributed by atoms with Crippen molar-refractivity contribution in [2.24, 2.45) is 0 Å². The van der Waals surface area contributed by atoms with Gasteiger partial charge in [0.25, 0.3) is 0 Å². The molecule has 2 aromatic rings. The van der Waals surface area contributed by atoms with Gasteiger partial charge in [0.1, 0.15) is 11.9 Å². The SMILES string of the molecule is Cc1nc(CC(O)c2ccc(F)cn2)cs1. The molecule has 0 spiro atoms. The van der Waals surface area contributed by atoms with Crippen LogP contribution in [0.15, 0.2) is 23.7 Å². The molecule has 84 valence electrons. The van der Waals surface area contributed by atoms with Crippen molar-refractivity contribution in [3.63, 3.8) is 0 Å². The molecule has 0 aliphatic carbocycles. The summed E-state index contributed by atoms with van der Waals surface area (Å²) in [4.78, 5) is 8.08. The molecule has 0 saturated carbocycles. The lowest BCUT2D eigenvalue weighted by molar-refractivity contribution is 0.172. The van der Waals surface area contributed by atoms with Crippen LogP contribution in [0, 0.1) is 12.7 Å². The third-order valence-electron chi connectivity index (χ3n) is 2.16. The Morgan fingerprint density at radius 3 is 2.88 bits per heavy atom. The number of aliphatic hydroxyl groups is 1. The fourth-order valence-electron chi connectivity index (χ4n) is 1.39. The van der Waals surface area contributed by atoms with Gasteiger partial charge in [-0.05, 0) is 19.1 Å². The lowest BCUT2D eigenvalue weighted by atomic mass is 10.1. The molecule has 16 heavy (non-hydrogen) atoms. The number of pyridine rings is 1. The predicted molar refractivity (Wildman–Crippen MR) is 59.7 cm³/mol. The molecule has 2 aromatic heterocycles. The van der Waals surface area contributed by atoms with Gasteiger partial charge in [0.15, 0.2) is 0 Å². The van der Waals surface area contributed by atoms with E-state index < -0.39 is 11.9 Å². The van der Waals surface area contributed by atoms with Crippen LogP contribution in [0.4, 0.5) is 4.39 Å². The van der Waals surface area contributed by atoms with Crippen LogP contribution in [0.2, 0.25) is 0 Å². The van der Waals surface area contributed by atoms with E-state index in [0.717, 1.165) is 16.9 Å². The molecule has 1 N–H and O–H groups in total. The molecule has 2 heterocycles. The quantitative estimate of drug-likeness (QED) is 0.892. The van der Waals surface area contributed by atoms with Gasteiger partial charge in [-0.2, -0.15) is 0 Å². The van der Waals surface area contributed by atoms with Crippen molar-refractivity contribution in [2.45, 2.75) is 19.4 Å². The van der Waals surface area contributed by atoms with Gasteiger partial charge in [0.05, 0.1) is 22.6 Å². The summed E-state index contributed by atoms with van der Waals surface area (Å²) >= 11 is 1.54. The lowest BCUT2D eigenvalue weighted by Crippen LogP contribution is -2.04. The number of aliphatic hydroxyl groups excluding tert-OH is 1. The normalized spacial score (nSPS) is 12.7. The predicted octanol–water partition coefficient (Wildman–Crippen LogP) is 2.26. The summed E-state index contributed by atoms with van der Waals surface area (Å²) in [5.74, 6) is -0.402. The molecule has 0 aliphatic rings. The standard InChI is InChI=1S/C11H11FN2OS/c1-7-14-9(6-16-7)4-11(15)10-3-2-8(12)5-13-10/h2-3,5-6,11,15H,4H2,1H3. The van der Waals surface area contributed by atoms with Crippen molar-refractivity contribution in [1.29, 1.82) is 0 Å². The molecular formula is C11H11FN2OS. The molecule has 0 fully saturated rings. The molecular weight excluding hydrogens is 227 g/mol. The number of nitrogens with zero attached hydrogens (tertiary/aromatic N) is 2. The maximum Gasteiger partial charge on any atom is 0.141 e. The van der Waals surface area contributed by atoms with Crippen LogP contribution in [0.1, 0.15) is 22.5 Å². The van der Waals surface area contributed by atoms with Crippen molar-refractivity contribution in [2.75, 3.05) is 0 Å². The Labute approximate surface area is 96.6 Å². The van der Waals surface area contributed by atoms with Crippen molar-refractivity contribution in [3.8, 4) is 0 Å². The number of aromatic nitrogens is 2. The summed E-state index contributed by atoms with van der Waals surface area (Å²) in [5, 5.41) is 12.7. The van der Waals surface area contributed by atoms with Gasteiger partial charge in [-0.25, -0.2) is 9.37 Å². The average molecular weight is 238 g/mol. The smallest absolute Gasteiger partial charge is 0.141 e. The van der Waals surface area contributed by atoms with Crippen LogP contribution >= 0.6 is 11.3 Å². The highest BCUT2D eigenvalue weighted by molar-refractivity contribution is 7.09. The number of aryl methyl sites for hydroxylation is 1. The van der Waals surface area contributed by atoms with Crippen LogP contribution in [-0.4, -0.2) is 15.1 Å². The fourth-order valence-corrected chi connectivity index (χ4v) is 2.01. The summed E-state index contributed by atoms with van der Waals surface area (Å²) in [6.45, 7) is 1.91. The highest BCUT2D eigenvalue weighted by Crippen LogP contribution is 2.17. The average Bonchev–Trinajstić information content (AvgIpc) is 2.65. The minimum atomic E-state index is -0.734. The van der Waals surface area contributed by atoms with Crippen LogP contribution in [0.3, 0.4) is 0 Å². The summed E-state index contributed by atoms with van der Waals surface area (Å²) in [5.41, 5.74) is 1.30. The van der Waals surface area contributed by atoms with E-state index in [1.807, 2.05) is 12.3 Å². The maximum absolute atomic E-state index is 12.6. The zero-order chi connectivity index (χ0) is 11.5. The van der Waals surface area contributed by atoms with Gasteiger partial charge in [0, 0.05) is 11.8 Å². The second-order valence-corrected chi connectivity index (χ2v) is 4.54. The number of thiazole rings is 1. The van der Waals surface area contributed by atoms with Crippen LogP contribution in [0.5, 0.6) is 0 Å². The first-order valence-electron chi connectivity index (χ1n) is 4.85. The molecule has 0 amide bonds. The number of hydrogen-bond donors (Lipinski definition) is 1. The first kappa shape index (κ1) is 11.2. The van der Waals surface area contributed by atoms with Crippen molar-refractivity contribution in [1.82, 2.24) is 9.97 Å². The molecule has 1 atom stereocenters. The molecule has 3 nitrogen and oxygen atoms in total. The Balaban J connectivity index is 2.08. The second-order valence-electron chi connectivity index (χ2n) is 3.48. The highest BCUT2D eigenvalue weighted by atomic mass is 32.1. The van der Waals surface area contributed by atoms with Crippen molar-refractivity contribution < 1.29 is 9.50 Å². The number of rotatable bonds is 3. The van der Waals surface area contributed by atoms with Gasteiger partial charge in [-0.15, -0.1) is 11.3 Å². The van der Waals surface area contributed by atoms with E-state index in [4.69, 9.17) is 0 Å². The van der Waals surface area contributed by atoms with Crippen LogP contribution in [0.25, 0.3) is 0 Å². The molecule has 0 saturated heterocycles. The minimum Gasteiger partial charge on any atom is -0.386 e. The first-order valence-corrected chi connectivity index (χ1v) is 5.73. The van der Waals surface area contributed by atoms with E-state index in [9.17, 15) is 9.50 Å². The number of hydrogen-bond acceptors (Lipinski definition) is 4. The third kappa shape index (κ3) is 2.62. The zero-order valence-electron chi connectivity index (χ0n) is 8.72. The monoisotopic (exact) mass is 238 g/mol. The number of halogens is 1. The van der Waals surface area contributed by atoms with Gasteiger partial charge < -0.3 is 5.11 Å². The molecule has 0 bridgehead atoms. The van der Waals surface area contributed by atoms with Gasteiger partial charge in [0.2, 0.25) is 0 Å². The van der Waals surface area contributed by atoms with E-state index in [1.54, 1.807) is 11.3 Å². The first-order chi connectivity index (χ1) is 7.65. The molecule has 0 aliphatic heterocycles. The second kappa shape index (κ2) is 4.67. The maximum atomic E-state index is 12.6. The summed E-state index contributed by atoms with van der Waals surface area (Å²) < 4.78 is 12.6.